The van der Waals surface area contributed by atoms with E-state index in [9.17, 15) is 15.0 Å². The Balaban J connectivity index is 1.53. The van der Waals surface area contributed by atoms with E-state index in [0.29, 0.717) is 49.9 Å². The zero-order valence-electron chi connectivity index (χ0n) is 18.8. The van der Waals surface area contributed by atoms with E-state index in [2.05, 4.69) is 15.2 Å². The van der Waals surface area contributed by atoms with Crippen molar-refractivity contribution >= 4 is 17.2 Å². The van der Waals surface area contributed by atoms with E-state index < -0.39 is 11.7 Å². The maximum absolute atomic E-state index is 12.1. The highest BCUT2D eigenvalue weighted by atomic mass is 32.1. The zero-order valence-corrected chi connectivity index (χ0v) is 19.6. The van der Waals surface area contributed by atoms with Gasteiger partial charge in [0.25, 0.3) is 5.91 Å². The van der Waals surface area contributed by atoms with Gasteiger partial charge in [-0.2, -0.15) is 0 Å². The number of carbonyl (C=O) groups is 1. The van der Waals surface area contributed by atoms with Crippen molar-refractivity contribution < 1.29 is 24.5 Å². The number of amides is 1. The maximum atomic E-state index is 12.1. The topological polar surface area (TPSA) is 107 Å². The van der Waals surface area contributed by atoms with Crippen LogP contribution in [0.5, 0.6) is 11.5 Å². The Labute approximate surface area is 192 Å². The van der Waals surface area contributed by atoms with Gasteiger partial charge in [-0.1, -0.05) is 6.07 Å². The van der Waals surface area contributed by atoms with Crippen molar-refractivity contribution in [1.29, 1.82) is 0 Å². The zero-order chi connectivity index (χ0) is 23.1. The molecule has 10 heteroatoms. The predicted octanol–water partition coefficient (Wildman–Crippen LogP) is 0.820. The fraction of sp³-hybridized carbons (Fsp3) is 0.545. The lowest BCUT2D eigenvalue weighted by molar-refractivity contribution is -0.116. The number of carbonyl (C=O) groups excluding carboxylic acids is 1. The minimum absolute atomic E-state index is 0.0226. The van der Waals surface area contributed by atoms with Crippen LogP contribution < -0.4 is 14.8 Å². The van der Waals surface area contributed by atoms with Gasteiger partial charge in [0.05, 0.1) is 18.7 Å². The summed E-state index contributed by atoms with van der Waals surface area (Å²) in [4.78, 5) is 20.2. The molecule has 1 fully saturated rings. The highest BCUT2D eigenvalue weighted by Gasteiger charge is 2.40. The van der Waals surface area contributed by atoms with Crippen LogP contribution in [-0.2, 0) is 6.54 Å². The Morgan fingerprint density at radius 1 is 1.41 bits per heavy atom. The molecular weight excluding hydrogens is 432 g/mol. The summed E-state index contributed by atoms with van der Waals surface area (Å²) in [5.41, 5.74) is 1.54. The van der Waals surface area contributed by atoms with E-state index in [1.165, 1.54) is 11.3 Å². The summed E-state index contributed by atoms with van der Waals surface area (Å²) in [7, 11) is 5.60. The van der Waals surface area contributed by atoms with Crippen LogP contribution in [0.15, 0.2) is 29.1 Å². The van der Waals surface area contributed by atoms with Crippen LogP contribution in [0.3, 0.4) is 0 Å². The molecular formula is C22H32N4O5S. The minimum atomic E-state index is -1.37. The third-order valence-electron chi connectivity index (χ3n) is 5.56. The monoisotopic (exact) mass is 464 g/mol. The van der Waals surface area contributed by atoms with Crippen LogP contribution in [0.25, 0.3) is 0 Å². The molecule has 0 unspecified atom stereocenters. The molecule has 0 spiro atoms. The molecule has 1 aromatic carbocycles. The number of methoxy groups -OCH3 is 1. The van der Waals surface area contributed by atoms with Gasteiger partial charge >= 0.3 is 0 Å². The molecule has 32 heavy (non-hydrogen) atoms. The van der Waals surface area contributed by atoms with E-state index >= 15 is 0 Å². The Hall–Kier alpha value is -2.24. The Morgan fingerprint density at radius 3 is 2.88 bits per heavy atom. The first kappa shape index (κ1) is 24.4. The summed E-state index contributed by atoms with van der Waals surface area (Å²) in [5, 5.41) is 25.8. The summed E-state index contributed by atoms with van der Waals surface area (Å²) in [6, 6.07) is 5.82. The van der Waals surface area contributed by atoms with Gasteiger partial charge in [-0.3, -0.25) is 9.69 Å². The van der Waals surface area contributed by atoms with Crippen molar-refractivity contribution in [2.45, 2.75) is 24.7 Å². The minimum Gasteiger partial charge on any atom is -0.493 e. The Bertz CT molecular complexity index is 879. The standard InChI is InChI=1S/C22H32N4O5S/c1-25(2)8-9-31-18-5-4-16(10-19(18)30-3)11-26-7-6-22(29,20(27)12-26)14-23-21(28)17-13-32-15-24-17/h4-5,10,13,15,20,27,29H,6-9,11-12,14H2,1-3H3,(H,23,28)/t20-,22-/m1/s1. The van der Waals surface area contributed by atoms with Crippen molar-refractivity contribution in [1.82, 2.24) is 20.1 Å². The second-order valence-corrected chi connectivity index (χ2v) is 9.02. The van der Waals surface area contributed by atoms with Gasteiger partial charge in [-0.25, -0.2) is 4.98 Å². The summed E-state index contributed by atoms with van der Waals surface area (Å²) < 4.78 is 11.3. The van der Waals surface area contributed by atoms with Gasteiger partial charge in [0, 0.05) is 38.1 Å². The van der Waals surface area contributed by atoms with Gasteiger partial charge in [0.2, 0.25) is 0 Å². The number of hydrogen-bond donors (Lipinski definition) is 3. The first-order valence-electron chi connectivity index (χ1n) is 10.5. The third kappa shape index (κ3) is 6.39. The lowest BCUT2D eigenvalue weighted by Crippen LogP contribution is -2.60. The van der Waals surface area contributed by atoms with Crippen LogP contribution in [0.2, 0.25) is 0 Å². The number of piperidine rings is 1. The first-order chi connectivity index (χ1) is 15.3. The number of hydrogen-bond acceptors (Lipinski definition) is 9. The smallest absolute Gasteiger partial charge is 0.270 e. The number of aromatic nitrogens is 1. The molecule has 0 bridgehead atoms. The number of nitrogens with one attached hydrogen (secondary N) is 1. The van der Waals surface area contributed by atoms with Crippen molar-refractivity contribution in [3.05, 3.63) is 40.3 Å². The van der Waals surface area contributed by atoms with E-state index in [4.69, 9.17) is 9.47 Å². The second-order valence-electron chi connectivity index (χ2n) is 8.30. The molecule has 0 saturated carbocycles. The van der Waals surface area contributed by atoms with Crippen molar-refractivity contribution in [3.8, 4) is 11.5 Å². The quantitative estimate of drug-likeness (QED) is 0.475. The molecule has 1 aromatic heterocycles. The van der Waals surface area contributed by atoms with Crippen LogP contribution in [0.1, 0.15) is 22.5 Å². The molecule has 2 heterocycles. The summed E-state index contributed by atoms with van der Waals surface area (Å²) >= 11 is 1.33. The number of likely N-dealkylation sites (N-methyl/N-ethyl adjacent to an activating group) is 1. The lowest BCUT2D eigenvalue weighted by atomic mass is 9.88. The van der Waals surface area contributed by atoms with Gasteiger partial charge in [-0.15, -0.1) is 11.3 Å². The normalized spacial score (nSPS) is 21.5. The van der Waals surface area contributed by atoms with E-state index in [1.807, 2.05) is 37.2 Å². The van der Waals surface area contributed by atoms with E-state index in [0.717, 1.165) is 12.1 Å². The largest absolute Gasteiger partial charge is 0.493 e. The lowest BCUT2D eigenvalue weighted by Gasteiger charge is -2.42. The number of likely N-dealkylation sites (tertiary alicyclic amines) is 1. The molecule has 1 saturated heterocycles. The number of aliphatic hydroxyl groups excluding tert-OH is 1. The molecule has 2 atom stereocenters. The summed E-state index contributed by atoms with van der Waals surface area (Å²) in [6.07, 6.45) is -0.642. The van der Waals surface area contributed by atoms with Gasteiger partial charge in [0.1, 0.15) is 17.9 Å². The number of ether oxygens (including phenoxy) is 2. The van der Waals surface area contributed by atoms with Crippen molar-refractivity contribution in [2.24, 2.45) is 0 Å². The highest BCUT2D eigenvalue weighted by Crippen LogP contribution is 2.30. The predicted molar refractivity (Wildman–Crippen MR) is 122 cm³/mol. The van der Waals surface area contributed by atoms with Crippen LogP contribution >= 0.6 is 11.3 Å². The van der Waals surface area contributed by atoms with E-state index in [-0.39, 0.29) is 12.5 Å². The molecule has 3 rings (SSSR count). The molecule has 0 radical (unpaired) electrons. The number of rotatable bonds is 10. The highest BCUT2D eigenvalue weighted by molar-refractivity contribution is 7.07. The number of benzene rings is 1. The fourth-order valence-corrected chi connectivity index (χ4v) is 4.08. The van der Waals surface area contributed by atoms with E-state index in [1.54, 1.807) is 18.0 Å². The molecule has 3 N–H and O–H groups in total. The average Bonchev–Trinajstić information content (AvgIpc) is 3.30. The molecule has 0 aliphatic carbocycles. The van der Waals surface area contributed by atoms with Gasteiger partial charge in [-0.05, 0) is 38.2 Å². The van der Waals surface area contributed by atoms with Gasteiger partial charge < -0.3 is 29.9 Å². The SMILES string of the molecule is COc1cc(CN2CC[C@@](O)(CNC(=O)c3cscn3)[C@H](O)C2)ccc1OCCN(C)C. The van der Waals surface area contributed by atoms with Crippen LogP contribution in [0.4, 0.5) is 0 Å². The number of β-amino-alcohol motifs (C(OH)–C–C–N with tert-alkyl or cyclic N) is 1. The molecule has 2 aromatic rings. The molecule has 1 aliphatic rings. The number of nitrogens with zero attached hydrogens (tertiary/aromatic N) is 3. The Morgan fingerprint density at radius 2 is 2.22 bits per heavy atom. The molecule has 176 valence electrons. The average molecular weight is 465 g/mol. The third-order valence-corrected chi connectivity index (χ3v) is 6.15. The van der Waals surface area contributed by atoms with Crippen LogP contribution in [-0.4, -0.2) is 96.6 Å². The van der Waals surface area contributed by atoms with Crippen molar-refractivity contribution in [2.75, 3.05) is 54.0 Å². The Kier molecular flexibility index (Phi) is 8.44. The maximum Gasteiger partial charge on any atom is 0.270 e. The molecule has 1 amide bonds. The summed E-state index contributed by atoms with van der Waals surface area (Å²) in [5.74, 6) is 1.01. The molecule has 9 nitrogen and oxygen atoms in total. The van der Waals surface area contributed by atoms with Crippen LogP contribution in [0, 0.1) is 0 Å². The second kappa shape index (κ2) is 11.1. The van der Waals surface area contributed by atoms with Gasteiger partial charge in [0.15, 0.2) is 11.5 Å². The summed E-state index contributed by atoms with van der Waals surface area (Å²) in [6.45, 7) is 2.84. The number of aliphatic hydroxyl groups is 2. The number of thiazole rings is 1. The first-order valence-corrected chi connectivity index (χ1v) is 11.5. The van der Waals surface area contributed by atoms with Crippen molar-refractivity contribution in [3.63, 3.8) is 0 Å². The molecule has 1 aliphatic heterocycles. The fourth-order valence-electron chi connectivity index (χ4n) is 3.55.